The maximum atomic E-state index is 13.9. The van der Waals surface area contributed by atoms with Crippen LogP contribution in [-0.4, -0.2) is 15.5 Å². The molecule has 0 saturated heterocycles. The van der Waals surface area contributed by atoms with Crippen LogP contribution in [0.2, 0.25) is 5.02 Å². The number of aromatic nitrogens is 1. The first-order chi connectivity index (χ1) is 16.6. The van der Waals surface area contributed by atoms with Crippen LogP contribution in [0, 0.1) is 6.92 Å². The Morgan fingerprint density at radius 3 is 2.68 bits per heavy atom. The van der Waals surface area contributed by atoms with E-state index >= 15 is 0 Å². The van der Waals surface area contributed by atoms with Crippen LogP contribution >= 0.6 is 22.9 Å². The van der Waals surface area contributed by atoms with Gasteiger partial charge in [-0.15, -0.1) is 11.3 Å². The van der Waals surface area contributed by atoms with Gasteiger partial charge in [0.15, 0.2) is 0 Å². The molecule has 172 valence electrons. The zero-order chi connectivity index (χ0) is 23.2. The third-order valence-corrected chi connectivity index (χ3v) is 8.48. The fourth-order valence-corrected chi connectivity index (χ4v) is 6.85. The third kappa shape index (κ3) is 3.73. The number of aryl methyl sites for hydroxylation is 2. The smallest absolute Gasteiger partial charge is 0.310 e. The molecular formula is C28H26ClN3OS. The first-order valence-corrected chi connectivity index (χ1v) is 13.0. The van der Waals surface area contributed by atoms with E-state index in [1.54, 1.807) is 0 Å². The van der Waals surface area contributed by atoms with Gasteiger partial charge in [0.05, 0.1) is 18.3 Å². The Kier molecular flexibility index (Phi) is 5.47. The average Bonchev–Trinajstić information content (AvgIpc) is 3.42. The Hall–Kier alpha value is -3.02. The molecule has 3 heterocycles. The molecule has 2 aliphatic rings. The van der Waals surface area contributed by atoms with E-state index in [1.807, 2.05) is 65.6 Å². The molecule has 1 aliphatic carbocycles. The second kappa shape index (κ2) is 8.64. The van der Waals surface area contributed by atoms with Crippen molar-refractivity contribution in [3.63, 3.8) is 0 Å². The van der Waals surface area contributed by atoms with Crippen LogP contribution in [-0.2, 0) is 19.4 Å². The standard InChI is InChI=1S/C28H26ClN3OS/c1-18-11-13-21(14-12-18)30-28(33)32-17-23-22-8-2-3-10-25(22)34-27(23)31-15-5-9-24(31)26(32)19-6-4-7-20(29)16-19/h4-7,9,11-16,26H,2-3,8,10,17H2,1H3,(H,30,33)/t26-/m1/s1. The fraction of sp³-hybridized carbons (Fsp3) is 0.250. The lowest BCUT2D eigenvalue weighted by molar-refractivity contribution is 0.194. The molecule has 0 radical (unpaired) electrons. The molecule has 1 atom stereocenters. The summed E-state index contributed by atoms with van der Waals surface area (Å²) in [5, 5.41) is 5.08. The molecule has 1 N–H and O–H groups in total. The van der Waals surface area contributed by atoms with Crippen LogP contribution in [0.5, 0.6) is 0 Å². The monoisotopic (exact) mass is 487 g/mol. The van der Waals surface area contributed by atoms with Gasteiger partial charge in [-0.3, -0.25) is 0 Å². The van der Waals surface area contributed by atoms with Crippen LogP contribution in [0.3, 0.4) is 0 Å². The van der Waals surface area contributed by atoms with Crippen LogP contribution in [0.15, 0.2) is 66.9 Å². The van der Waals surface area contributed by atoms with Gasteiger partial charge in [0.25, 0.3) is 0 Å². The maximum absolute atomic E-state index is 13.9. The quantitative estimate of drug-likeness (QED) is 0.312. The number of carbonyl (C=O) groups is 1. The van der Waals surface area contributed by atoms with Crippen molar-refractivity contribution in [2.75, 3.05) is 5.32 Å². The molecule has 0 saturated carbocycles. The molecule has 34 heavy (non-hydrogen) atoms. The van der Waals surface area contributed by atoms with Crippen molar-refractivity contribution in [3.05, 3.63) is 105 Å². The molecule has 4 aromatic rings. The molecule has 0 fully saturated rings. The molecule has 0 spiro atoms. The summed E-state index contributed by atoms with van der Waals surface area (Å²) < 4.78 is 2.29. The molecule has 0 bridgehead atoms. The highest BCUT2D eigenvalue weighted by Crippen LogP contribution is 2.44. The number of hydrogen-bond acceptors (Lipinski definition) is 2. The Labute approximate surface area is 208 Å². The molecule has 0 unspecified atom stereocenters. The minimum Gasteiger partial charge on any atom is -0.310 e. The van der Waals surface area contributed by atoms with Crippen LogP contribution in [0.1, 0.15) is 51.7 Å². The van der Waals surface area contributed by atoms with Crippen molar-refractivity contribution < 1.29 is 4.79 Å². The number of benzene rings is 2. The van der Waals surface area contributed by atoms with Crippen LogP contribution < -0.4 is 5.32 Å². The Balaban J connectivity index is 1.50. The second-order valence-electron chi connectivity index (χ2n) is 9.18. The summed E-state index contributed by atoms with van der Waals surface area (Å²) in [5.74, 6) is 0. The van der Waals surface area contributed by atoms with Crippen molar-refractivity contribution in [1.82, 2.24) is 9.47 Å². The number of hydrogen-bond donors (Lipinski definition) is 1. The predicted molar refractivity (Wildman–Crippen MR) is 139 cm³/mol. The molecule has 2 amide bonds. The molecular weight excluding hydrogens is 462 g/mol. The van der Waals surface area contributed by atoms with Gasteiger partial charge in [0.1, 0.15) is 5.00 Å². The van der Waals surface area contributed by atoms with E-state index in [0.29, 0.717) is 11.6 Å². The van der Waals surface area contributed by atoms with E-state index in [4.69, 9.17) is 11.6 Å². The van der Waals surface area contributed by atoms with Crippen LogP contribution in [0.25, 0.3) is 5.00 Å². The summed E-state index contributed by atoms with van der Waals surface area (Å²) in [6.45, 7) is 2.61. The summed E-state index contributed by atoms with van der Waals surface area (Å²) in [7, 11) is 0. The molecule has 2 aromatic heterocycles. The highest BCUT2D eigenvalue weighted by molar-refractivity contribution is 7.15. The van der Waals surface area contributed by atoms with Gasteiger partial charge < -0.3 is 14.8 Å². The number of thiophene rings is 1. The lowest BCUT2D eigenvalue weighted by Gasteiger charge is -2.31. The van der Waals surface area contributed by atoms with Gasteiger partial charge in [-0.2, -0.15) is 0 Å². The molecule has 2 aromatic carbocycles. The van der Waals surface area contributed by atoms with E-state index in [9.17, 15) is 4.79 Å². The van der Waals surface area contributed by atoms with Gasteiger partial charge >= 0.3 is 6.03 Å². The van der Waals surface area contributed by atoms with Gasteiger partial charge in [0.2, 0.25) is 0 Å². The number of nitrogens with zero attached hydrogens (tertiary/aromatic N) is 2. The van der Waals surface area contributed by atoms with E-state index in [-0.39, 0.29) is 12.1 Å². The highest BCUT2D eigenvalue weighted by Gasteiger charge is 2.36. The SMILES string of the molecule is Cc1ccc(NC(=O)N2Cc3c(sc4c3CCCC4)-n3cccc3[C@H]2c2cccc(Cl)c2)cc1. The number of rotatable bonds is 2. The molecule has 1 aliphatic heterocycles. The summed E-state index contributed by atoms with van der Waals surface area (Å²) in [5.41, 5.74) is 6.80. The van der Waals surface area contributed by atoms with E-state index in [0.717, 1.165) is 35.3 Å². The average molecular weight is 488 g/mol. The lowest BCUT2D eigenvalue weighted by Crippen LogP contribution is -2.38. The summed E-state index contributed by atoms with van der Waals surface area (Å²) >= 11 is 8.31. The van der Waals surface area contributed by atoms with Crippen molar-refractivity contribution in [1.29, 1.82) is 0 Å². The topological polar surface area (TPSA) is 37.3 Å². The summed E-state index contributed by atoms with van der Waals surface area (Å²) in [4.78, 5) is 17.3. The maximum Gasteiger partial charge on any atom is 0.322 e. The van der Waals surface area contributed by atoms with Gasteiger partial charge in [-0.25, -0.2) is 4.79 Å². The van der Waals surface area contributed by atoms with Gasteiger partial charge in [-0.1, -0.05) is 41.4 Å². The van der Waals surface area contributed by atoms with Crippen molar-refractivity contribution in [2.24, 2.45) is 0 Å². The van der Waals surface area contributed by atoms with E-state index in [2.05, 4.69) is 34.3 Å². The Morgan fingerprint density at radius 2 is 1.85 bits per heavy atom. The summed E-state index contributed by atoms with van der Waals surface area (Å²) in [6.07, 6.45) is 6.81. The largest absolute Gasteiger partial charge is 0.322 e. The second-order valence-corrected chi connectivity index (χ2v) is 10.7. The number of carbonyl (C=O) groups excluding carboxylic acids is 1. The number of nitrogens with one attached hydrogen (secondary N) is 1. The Bertz CT molecular complexity index is 1370. The van der Waals surface area contributed by atoms with Crippen molar-refractivity contribution >= 4 is 34.7 Å². The minimum absolute atomic E-state index is 0.106. The summed E-state index contributed by atoms with van der Waals surface area (Å²) in [6, 6.07) is 19.7. The van der Waals surface area contributed by atoms with Crippen molar-refractivity contribution in [3.8, 4) is 5.00 Å². The molecule has 6 heteroatoms. The van der Waals surface area contributed by atoms with Gasteiger partial charge in [0, 0.05) is 27.3 Å². The number of amides is 2. The van der Waals surface area contributed by atoms with E-state index in [1.165, 1.54) is 33.8 Å². The van der Waals surface area contributed by atoms with Crippen molar-refractivity contribution in [2.45, 2.75) is 45.2 Å². The lowest BCUT2D eigenvalue weighted by atomic mass is 9.95. The van der Waals surface area contributed by atoms with Gasteiger partial charge in [-0.05, 0) is 80.1 Å². The predicted octanol–water partition coefficient (Wildman–Crippen LogP) is 7.52. The first-order valence-electron chi connectivity index (χ1n) is 11.8. The van der Waals surface area contributed by atoms with E-state index < -0.39 is 0 Å². The molecule has 4 nitrogen and oxygen atoms in total. The number of urea groups is 1. The first kappa shape index (κ1) is 21.5. The highest BCUT2D eigenvalue weighted by atomic mass is 35.5. The zero-order valence-electron chi connectivity index (χ0n) is 19.1. The fourth-order valence-electron chi connectivity index (χ4n) is 5.25. The number of anilines is 1. The third-order valence-electron chi connectivity index (χ3n) is 6.91. The molecule has 6 rings (SSSR count). The van der Waals surface area contributed by atoms with Crippen LogP contribution in [0.4, 0.5) is 10.5 Å². The number of fused-ring (bicyclic) bond motifs is 5. The minimum atomic E-state index is -0.252. The Morgan fingerprint density at radius 1 is 1.03 bits per heavy atom. The normalized spacial score (nSPS) is 16.9. The zero-order valence-corrected chi connectivity index (χ0v) is 20.6. The number of halogens is 1.